The molecule has 0 aliphatic heterocycles. The number of carbonyl (C=O) groups excluding carboxylic acids is 1. The van der Waals surface area contributed by atoms with Crippen LogP contribution < -0.4 is 15.8 Å². The zero-order valence-corrected chi connectivity index (χ0v) is 14.3. The molecule has 124 valence electrons. The van der Waals surface area contributed by atoms with Gasteiger partial charge in [-0.1, -0.05) is 6.08 Å². The summed E-state index contributed by atoms with van der Waals surface area (Å²) < 4.78 is 26.1. The van der Waals surface area contributed by atoms with Gasteiger partial charge in [0.25, 0.3) is 5.91 Å². The van der Waals surface area contributed by atoms with Gasteiger partial charge in [0, 0.05) is 24.2 Å². The van der Waals surface area contributed by atoms with Crippen LogP contribution in [0.3, 0.4) is 0 Å². The molecule has 6 nitrogen and oxygen atoms in total. The molecule has 0 aliphatic carbocycles. The second-order valence-corrected chi connectivity index (χ2v) is 7.10. The number of sulfonamides is 1. The molecule has 0 saturated carbocycles. The summed E-state index contributed by atoms with van der Waals surface area (Å²) in [5.74, 6) is -0.295. The lowest BCUT2D eigenvalue weighted by molar-refractivity contribution is 0.0946. The summed E-state index contributed by atoms with van der Waals surface area (Å²) >= 11 is 0. The molecule has 0 aliphatic rings. The molecule has 4 N–H and O–H groups in total. The minimum Gasteiger partial charge on any atom is -0.350 e. The predicted octanol–water partition coefficient (Wildman–Crippen LogP) is 1.04. The van der Waals surface area contributed by atoms with Crippen molar-refractivity contribution < 1.29 is 13.2 Å². The number of carbonyl (C=O) groups is 1. The molecule has 0 atom stereocenters. The molecule has 0 spiro atoms. The molecular formula is C14H22ClN3O3S. The molecule has 0 bridgehead atoms. The van der Waals surface area contributed by atoms with E-state index in [1.807, 2.05) is 0 Å². The van der Waals surface area contributed by atoms with Crippen LogP contribution in [0, 0.1) is 0 Å². The summed E-state index contributed by atoms with van der Waals surface area (Å²) in [7, 11) is -3.57. The Morgan fingerprint density at radius 1 is 1.32 bits per heavy atom. The summed E-state index contributed by atoms with van der Waals surface area (Å²) in [5, 5.41) is 2.69. The Hall–Kier alpha value is -1.41. The van der Waals surface area contributed by atoms with E-state index in [-0.39, 0.29) is 29.8 Å². The second-order valence-electron chi connectivity index (χ2n) is 5.34. The summed E-state index contributed by atoms with van der Waals surface area (Å²) in [6.45, 7) is 7.52. The number of hydrogen-bond donors (Lipinski definition) is 3. The number of nitrogens with one attached hydrogen (secondary N) is 2. The lowest BCUT2D eigenvalue weighted by Gasteiger charge is -2.18. The fourth-order valence-electron chi connectivity index (χ4n) is 1.45. The zero-order valence-electron chi connectivity index (χ0n) is 12.6. The molecule has 0 unspecified atom stereocenters. The van der Waals surface area contributed by atoms with Gasteiger partial charge in [0.2, 0.25) is 10.0 Å². The van der Waals surface area contributed by atoms with Crippen molar-refractivity contribution in [2.75, 3.05) is 13.1 Å². The molecule has 0 heterocycles. The standard InChI is InChI=1S/C14H21N3O3S.ClH/c1-4-9-17-21(19,20)12-7-5-11(6-8-12)13(18)16-10-14(2,3)15;/h4-8,17H,1,9-10,15H2,2-3H3,(H,16,18);1H. The highest BCUT2D eigenvalue weighted by Crippen LogP contribution is 2.10. The first-order valence-corrected chi connectivity index (χ1v) is 7.92. The van der Waals surface area contributed by atoms with E-state index in [1.165, 1.54) is 30.3 Å². The summed E-state index contributed by atoms with van der Waals surface area (Å²) in [4.78, 5) is 12.0. The van der Waals surface area contributed by atoms with Crippen LogP contribution in [-0.2, 0) is 10.0 Å². The highest BCUT2D eigenvalue weighted by molar-refractivity contribution is 7.89. The molecular weight excluding hydrogens is 326 g/mol. The summed E-state index contributed by atoms with van der Waals surface area (Å²) in [6.07, 6.45) is 1.45. The normalized spacial score (nSPS) is 11.4. The Morgan fingerprint density at radius 3 is 2.32 bits per heavy atom. The van der Waals surface area contributed by atoms with E-state index in [1.54, 1.807) is 13.8 Å². The third-order valence-electron chi connectivity index (χ3n) is 2.55. The van der Waals surface area contributed by atoms with Crippen molar-refractivity contribution in [3.05, 3.63) is 42.5 Å². The molecule has 1 rings (SSSR count). The van der Waals surface area contributed by atoms with Crippen molar-refractivity contribution in [2.45, 2.75) is 24.3 Å². The number of rotatable bonds is 7. The number of amides is 1. The average molecular weight is 348 g/mol. The number of halogens is 1. The molecule has 0 fully saturated rings. The molecule has 0 saturated heterocycles. The van der Waals surface area contributed by atoms with Crippen LogP contribution in [0.15, 0.2) is 41.8 Å². The Balaban J connectivity index is 0.00000441. The zero-order chi connectivity index (χ0) is 16.1. The van der Waals surface area contributed by atoms with Gasteiger partial charge in [-0.3, -0.25) is 4.79 Å². The quantitative estimate of drug-likeness (QED) is 0.641. The second kappa shape index (κ2) is 8.28. The third kappa shape index (κ3) is 6.57. The number of hydrogen-bond acceptors (Lipinski definition) is 4. The van der Waals surface area contributed by atoms with Gasteiger partial charge in [-0.15, -0.1) is 19.0 Å². The van der Waals surface area contributed by atoms with E-state index in [4.69, 9.17) is 5.73 Å². The van der Waals surface area contributed by atoms with Gasteiger partial charge in [0.15, 0.2) is 0 Å². The van der Waals surface area contributed by atoms with E-state index in [0.29, 0.717) is 12.1 Å². The Labute approximate surface area is 137 Å². The molecule has 22 heavy (non-hydrogen) atoms. The first-order chi connectivity index (χ1) is 9.65. The maximum Gasteiger partial charge on any atom is 0.251 e. The highest BCUT2D eigenvalue weighted by atomic mass is 35.5. The fourth-order valence-corrected chi connectivity index (χ4v) is 2.45. The van der Waals surface area contributed by atoms with Gasteiger partial charge < -0.3 is 11.1 Å². The van der Waals surface area contributed by atoms with E-state index >= 15 is 0 Å². The molecule has 0 aromatic heterocycles. The maximum absolute atomic E-state index is 11.9. The van der Waals surface area contributed by atoms with E-state index < -0.39 is 15.6 Å². The van der Waals surface area contributed by atoms with Gasteiger partial charge in [0.1, 0.15) is 0 Å². The van der Waals surface area contributed by atoms with Crippen LogP contribution in [-0.4, -0.2) is 33.0 Å². The predicted molar refractivity (Wildman–Crippen MR) is 89.7 cm³/mol. The maximum atomic E-state index is 11.9. The number of benzene rings is 1. The van der Waals surface area contributed by atoms with Gasteiger partial charge in [-0.25, -0.2) is 13.1 Å². The van der Waals surface area contributed by atoms with Crippen molar-refractivity contribution in [3.63, 3.8) is 0 Å². The smallest absolute Gasteiger partial charge is 0.251 e. The fraction of sp³-hybridized carbons (Fsp3) is 0.357. The Morgan fingerprint density at radius 2 is 1.86 bits per heavy atom. The van der Waals surface area contributed by atoms with Gasteiger partial charge in [0.05, 0.1) is 4.90 Å². The number of nitrogens with two attached hydrogens (primary N) is 1. The van der Waals surface area contributed by atoms with Crippen molar-refractivity contribution in [1.82, 2.24) is 10.0 Å². The minimum absolute atomic E-state index is 0. The summed E-state index contributed by atoms with van der Waals surface area (Å²) in [5.41, 5.74) is 5.65. The molecule has 0 radical (unpaired) electrons. The molecule has 1 aromatic carbocycles. The lowest BCUT2D eigenvalue weighted by atomic mass is 10.1. The first-order valence-electron chi connectivity index (χ1n) is 6.43. The Kier molecular flexibility index (Phi) is 7.75. The van der Waals surface area contributed by atoms with Crippen molar-refractivity contribution >= 4 is 28.3 Å². The Bertz CT molecular complexity index is 607. The van der Waals surface area contributed by atoms with Crippen LogP contribution >= 0.6 is 12.4 Å². The average Bonchev–Trinajstić information content (AvgIpc) is 2.42. The SMILES string of the molecule is C=CCNS(=O)(=O)c1ccc(C(=O)NCC(C)(C)N)cc1.Cl. The van der Waals surface area contributed by atoms with Crippen molar-refractivity contribution in [3.8, 4) is 0 Å². The molecule has 1 aromatic rings. The van der Waals surface area contributed by atoms with Crippen LogP contribution in [0.5, 0.6) is 0 Å². The molecule has 8 heteroatoms. The van der Waals surface area contributed by atoms with Crippen LogP contribution in [0.2, 0.25) is 0 Å². The largest absolute Gasteiger partial charge is 0.350 e. The van der Waals surface area contributed by atoms with Crippen molar-refractivity contribution in [2.24, 2.45) is 5.73 Å². The molecule has 1 amide bonds. The van der Waals surface area contributed by atoms with E-state index in [2.05, 4.69) is 16.6 Å². The highest BCUT2D eigenvalue weighted by Gasteiger charge is 2.15. The van der Waals surface area contributed by atoms with Crippen LogP contribution in [0.4, 0.5) is 0 Å². The van der Waals surface area contributed by atoms with E-state index in [0.717, 1.165) is 0 Å². The first kappa shape index (κ1) is 20.6. The van der Waals surface area contributed by atoms with Crippen LogP contribution in [0.1, 0.15) is 24.2 Å². The van der Waals surface area contributed by atoms with Gasteiger partial charge in [-0.05, 0) is 38.1 Å². The topological polar surface area (TPSA) is 101 Å². The van der Waals surface area contributed by atoms with Gasteiger partial charge >= 0.3 is 0 Å². The minimum atomic E-state index is -3.57. The monoisotopic (exact) mass is 347 g/mol. The van der Waals surface area contributed by atoms with E-state index in [9.17, 15) is 13.2 Å². The van der Waals surface area contributed by atoms with Crippen LogP contribution in [0.25, 0.3) is 0 Å². The van der Waals surface area contributed by atoms with Crippen molar-refractivity contribution in [1.29, 1.82) is 0 Å². The summed E-state index contributed by atoms with van der Waals surface area (Å²) in [6, 6.07) is 5.69. The van der Waals surface area contributed by atoms with Gasteiger partial charge in [-0.2, -0.15) is 0 Å². The third-order valence-corrected chi connectivity index (χ3v) is 3.99. The lowest BCUT2D eigenvalue weighted by Crippen LogP contribution is -2.45.